The number of methoxy groups -OCH3 is 1. The van der Waals surface area contributed by atoms with Gasteiger partial charge in [-0.05, 0) is 37.7 Å². The van der Waals surface area contributed by atoms with E-state index in [-0.39, 0.29) is 17.4 Å². The van der Waals surface area contributed by atoms with E-state index in [2.05, 4.69) is 0 Å². The normalized spacial score (nSPS) is 21.5. The predicted octanol–water partition coefficient (Wildman–Crippen LogP) is 3.05. The molecule has 1 saturated carbocycles. The number of hydrogen-bond donors (Lipinski definition) is 0. The van der Waals surface area contributed by atoms with Crippen molar-refractivity contribution in [2.75, 3.05) is 13.7 Å². The lowest BCUT2D eigenvalue weighted by Crippen LogP contribution is -2.26. The molecule has 6 nitrogen and oxygen atoms in total. The number of hydrogen-bond acceptors (Lipinski definition) is 5. The van der Waals surface area contributed by atoms with Crippen molar-refractivity contribution < 1.29 is 14.4 Å². The van der Waals surface area contributed by atoms with E-state index in [9.17, 15) is 10.1 Å². The highest BCUT2D eigenvalue weighted by Gasteiger charge is 2.25. The van der Waals surface area contributed by atoms with Gasteiger partial charge in [0.2, 0.25) is 0 Å². The van der Waals surface area contributed by atoms with Crippen molar-refractivity contribution >= 4 is 5.69 Å². The lowest BCUT2D eigenvalue weighted by molar-refractivity contribution is -0.385. The second kappa shape index (κ2) is 7.04. The molecular weight excluding hydrogens is 272 g/mol. The Morgan fingerprint density at radius 3 is 2.67 bits per heavy atom. The van der Waals surface area contributed by atoms with Crippen molar-refractivity contribution in [2.45, 2.75) is 31.8 Å². The van der Waals surface area contributed by atoms with Gasteiger partial charge in [0.05, 0.1) is 11.0 Å². The summed E-state index contributed by atoms with van der Waals surface area (Å²) in [6.45, 7) is 0.757. The molecule has 1 fully saturated rings. The van der Waals surface area contributed by atoms with Crippen LogP contribution in [-0.2, 0) is 4.74 Å². The van der Waals surface area contributed by atoms with Crippen LogP contribution in [-0.4, -0.2) is 24.7 Å². The summed E-state index contributed by atoms with van der Waals surface area (Å²) in [5.41, 5.74) is -0.204. The van der Waals surface area contributed by atoms with Crippen LogP contribution in [0, 0.1) is 27.4 Å². The minimum atomic E-state index is -0.555. The molecule has 0 bridgehead atoms. The van der Waals surface area contributed by atoms with Gasteiger partial charge >= 0.3 is 0 Å². The minimum absolute atomic E-state index is 0.00140. The molecule has 0 unspecified atom stereocenters. The summed E-state index contributed by atoms with van der Waals surface area (Å²) in [6, 6.07) is 6.36. The fourth-order valence-electron chi connectivity index (χ4n) is 2.71. The lowest BCUT2D eigenvalue weighted by atomic mass is 9.88. The zero-order valence-corrected chi connectivity index (χ0v) is 11.9. The largest absolute Gasteiger partial charge is 0.489 e. The number of nitro benzene ring substituents is 1. The summed E-state index contributed by atoms with van der Waals surface area (Å²) in [5.74, 6) is 0.859. The predicted molar refractivity (Wildman–Crippen MR) is 76.1 cm³/mol. The molecule has 0 atom stereocenters. The van der Waals surface area contributed by atoms with E-state index in [1.54, 1.807) is 19.2 Å². The van der Waals surface area contributed by atoms with E-state index in [4.69, 9.17) is 14.7 Å². The van der Waals surface area contributed by atoms with Gasteiger partial charge in [0, 0.05) is 19.8 Å². The van der Waals surface area contributed by atoms with E-state index < -0.39 is 4.92 Å². The van der Waals surface area contributed by atoms with E-state index in [1.807, 2.05) is 6.07 Å². The van der Waals surface area contributed by atoms with Crippen LogP contribution in [0.4, 0.5) is 5.69 Å². The van der Waals surface area contributed by atoms with Crippen LogP contribution in [0.5, 0.6) is 5.75 Å². The number of nitrogens with zero attached hydrogens (tertiary/aromatic N) is 2. The molecule has 0 amide bonds. The molecule has 1 aliphatic carbocycles. The third-order valence-electron chi connectivity index (χ3n) is 3.80. The molecule has 2 rings (SSSR count). The Bertz CT molecular complexity index is 545. The van der Waals surface area contributed by atoms with Gasteiger partial charge in [-0.25, -0.2) is 0 Å². The molecule has 21 heavy (non-hydrogen) atoms. The van der Waals surface area contributed by atoms with E-state index in [0.29, 0.717) is 11.7 Å². The molecule has 1 aromatic carbocycles. The Morgan fingerprint density at radius 1 is 1.38 bits per heavy atom. The van der Waals surface area contributed by atoms with Crippen molar-refractivity contribution in [3.8, 4) is 11.8 Å². The molecule has 0 spiro atoms. The molecule has 0 N–H and O–H groups in total. The Kier molecular flexibility index (Phi) is 5.12. The molecule has 1 aliphatic rings. The molecule has 6 heteroatoms. The van der Waals surface area contributed by atoms with E-state index in [1.165, 1.54) is 6.07 Å². The fraction of sp³-hybridized carbons (Fsp3) is 0.533. The first kappa shape index (κ1) is 15.3. The highest BCUT2D eigenvalue weighted by atomic mass is 16.6. The van der Waals surface area contributed by atoms with Crippen LogP contribution < -0.4 is 4.74 Å². The standard InChI is InChI=1S/C15H18N2O4/c1-20-10-11-5-7-12(8-6-11)21-15-4-2-3-14(17(18)19)13(15)9-16/h2-4,11-12H,5-8,10H2,1H3/t11-,12-. The number of ether oxygens (including phenoxy) is 2. The Labute approximate surface area is 123 Å². The van der Waals surface area contributed by atoms with Gasteiger partial charge in [0.1, 0.15) is 11.8 Å². The maximum absolute atomic E-state index is 10.9. The van der Waals surface area contributed by atoms with Crippen LogP contribution in [0.25, 0.3) is 0 Å². The van der Waals surface area contributed by atoms with E-state index >= 15 is 0 Å². The van der Waals surface area contributed by atoms with Gasteiger partial charge in [-0.1, -0.05) is 6.07 Å². The van der Waals surface area contributed by atoms with Crippen molar-refractivity contribution in [3.05, 3.63) is 33.9 Å². The fourth-order valence-corrected chi connectivity index (χ4v) is 2.71. The first-order valence-electron chi connectivity index (χ1n) is 6.98. The molecule has 0 heterocycles. The first-order chi connectivity index (χ1) is 10.2. The van der Waals surface area contributed by atoms with Crippen molar-refractivity contribution in [3.63, 3.8) is 0 Å². The van der Waals surface area contributed by atoms with Crippen LogP contribution in [0.2, 0.25) is 0 Å². The van der Waals surface area contributed by atoms with Crippen LogP contribution in [0.1, 0.15) is 31.2 Å². The summed E-state index contributed by atoms with van der Waals surface area (Å²) < 4.78 is 11.0. The first-order valence-corrected chi connectivity index (χ1v) is 6.98. The Balaban J connectivity index is 2.06. The SMILES string of the molecule is COC[C@H]1CC[C@H](Oc2cccc([N+](=O)[O-])c2C#N)CC1. The average molecular weight is 290 g/mol. The summed E-state index contributed by atoms with van der Waals surface area (Å²) in [7, 11) is 1.70. The maximum atomic E-state index is 10.9. The second-order valence-corrected chi connectivity index (χ2v) is 5.24. The Morgan fingerprint density at radius 2 is 2.10 bits per heavy atom. The van der Waals surface area contributed by atoms with Crippen LogP contribution in [0.15, 0.2) is 18.2 Å². The third kappa shape index (κ3) is 3.70. The molecular formula is C15H18N2O4. The monoisotopic (exact) mass is 290 g/mol. The number of nitro groups is 1. The molecule has 0 aromatic heterocycles. The second-order valence-electron chi connectivity index (χ2n) is 5.24. The van der Waals surface area contributed by atoms with Gasteiger partial charge in [0.15, 0.2) is 5.56 Å². The topological polar surface area (TPSA) is 85.4 Å². The number of nitriles is 1. The molecule has 0 saturated heterocycles. The minimum Gasteiger partial charge on any atom is -0.489 e. The summed E-state index contributed by atoms with van der Waals surface area (Å²) in [6.07, 6.45) is 3.78. The average Bonchev–Trinajstić information content (AvgIpc) is 2.49. The molecule has 112 valence electrons. The quantitative estimate of drug-likeness (QED) is 0.614. The molecule has 0 aliphatic heterocycles. The summed E-state index contributed by atoms with van der Waals surface area (Å²) >= 11 is 0. The van der Waals surface area contributed by atoms with Gasteiger partial charge in [-0.3, -0.25) is 10.1 Å². The summed E-state index contributed by atoms with van der Waals surface area (Å²) in [4.78, 5) is 10.4. The lowest BCUT2D eigenvalue weighted by Gasteiger charge is -2.28. The molecule has 0 radical (unpaired) electrons. The zero-order valence-electron chi connectivity index (χ0n) is 11.9. The third-order valence-corrected chi connectivity index (χ3v) is 3.80. The van der Waals surface area contributed by atoms with Crippen LogP contribution >= 0.6 is 0 Å². The van der Waals surface area contributed by atoms with Crippen molar-refractivity contribution in [1.82, 2.24) is 0 Å². The zero-order chi connectivity index (χ0) is 15.2. The van der Waals surface area contributed by atoms with Crippen molar-refractivity contribution in [2.24, 2.45) is 5.92 Å². The van der Waals surface area contributed by atoms with Crippen LogP contribution in [0.3, 0.4) is 0 Å². The smallest absolute Gasteiger partial charge is 0.290 e. The summed E-state index contributed by atoms with van der Waals surface area (Å²) in [5, 5.41) is 20.1. The highest BCUT2D eigenvalue weighted by Crippen LogP contribution is 2.32. The van der Waals surface area contributed by atoms with Gasteiger partial charge in [0.25, 0.3) is 5.69 Å². The number of benzene rings is 1. The molecule has 1 aromatic rings. The maximum Gasteiger partial charge on any atom is 0.290 e. The Hall–Kier alpha value is -2.13. The van der Waals surface area contributed by atoms with Crippen molar-refractivity contribution in [1.29, 1.82) is 5.26 Å². The van der Waals surface area contributed by atoms with Gasteiger partial charge in [-0.15, -0.1) is 0 Å². The van der Waals surface area contributed by atoms with Gasteiger partial charge < -0.3 is 9.47 Å². The van der Waals surface area contributed by atoms with E-state index in [0.717, 1.165) is 32.3 Å². The number of rotatable bonds is 5. The van der Waals surface area contributed by atoms with Gasteiger partial charge in [-0.2, -0.15) is 5.26 Å². The highest BCUT2D eigenvalue weighted by molar-refractivity contribution is 5.56.